The molecule has 0 radical (unpaired) electrons. The molecule has 0 aliphatic carbocycles. The number of aryl methyl sites for hydroxylation is 1. The molecular formula is C16H18BrNO. The van der Waals surface area contributed by atoms with Crippen LogP contribution in [0.15, 0.2) is 46.9 Å². The second kappa shape index (κ2) is 6.73. The van der Waals surface area contributed by atoms with E-state index in [-0.39, 0.29) is 0 Å². The van der Waals surface area contributed by atoms with Gasteiger partial charge in [-0.15, -0.1) is 0 Å². The Balaban J connectivity index is 2.27. The molecule has 1 N–H and O–H groups in total. The fraction of sp³-hybridized carbons (Fsp3) is 0.250. The summed E-state index contributed by atoms with van der Waals surface area (Å²) in [6.45, 7) is 5.91. The molecule has 0 saturated carbocycles. The van der Waals surface area contributed by atoms with E-state index in [1.165, 1.54) is 0 Å². The van der Waals surface area contributed by atoms with Crippen molar-refractivity contribution in [2.24, 2.45) is 0 Å². The Labute approximate surface area is 122 Å². The molecule has 0 amide bonds. The molecule has 0 spiro atoms. The summed E-state index contributed by atoms with van der Waals surface area (Å²) in [5.74, 6) is 1.79. The van der Waals surface area contributed by atoms with Crippen LogP contribution >= 0.6 is 15.9 Å². The van der Waals surface area contributed by atoms with E-state index in [0.717, 1.165) is 40.2 Å². The highest BCUT2D eigenvalue weighted by atomic mass is 79.9. The summed E-state index contributed by atoms with van der Waals surface area (Å²) >= 11 is 3.50. The van der Waals surface area contributed by atoms with E-state index in [1.54, 1.807) is 0 Å². The zero-order valence-electron chi connectivity index (χ0n) is 11.2. The maximum atomic E-state index is 6.05. The van der Waals surface area contributed by atoms with Crippen LogP contribution in [0.5, 0.6) is 11.5 Å². The van der Waals surface area contributed by atoms with Gasteiger partial charge in [0.15, 0.2) is 0 Å². The summed E-state index contributed by atoms with van der Waals surface area (Å²) < 4.78 is 7.07. The van der Waals surface area contributed by atoms with Crippen molar-refractivity contribution in [3.05, 3.63) is 58.1 Å². The predicted molar refractivity (Wildman–Crippen MR) is 82.8 cm³/mol. The second-order valence-electron chi connectivity index (χ2n) is 4.40. The fourth-order valence-corrected chi connectivity index (χ4v) is 2.16. The molecule has 19 heavy (non-hydrogen) atoms. The van der Waals surface area contributed by atoms with Crippen molar-refractivity contribution in [3.8, 4) is 11.5 Å². The number of rotatable bonds is 5. The third-order valence-corrected chi connectivity index (χ3v) is 3.40. The molecule has 2 nitrogen and oxygen atoms in total. The average molecular weight is 320 g/mol. The summed E-state index contributed by atoms with van der Waals surface area (Å²) in [6, 6.07) is 14.2. The van der Waals surface area contributed by atoms with Gasteiger partial charge >= 0.3 is 0 Å². The standard InChI is InChI=1S/C16H18BrNO/c1-3-18-11-13-8-9-14(17)10-16(13)19-15-7-5-4-6-12(15)2/h4-10,18H,3,11H2,1-2H3. The molecule has 2 rings (SSSR count). The van der Waals surface area contributed by atoms with Crippen LogP contribution in [0.1, 0.15) is 18.1 Å². The van der Waals surface area contributed by atoms with Crippen LogP contribution in [0.2, 0.25) is 0 Å². The maximum absolute atomic E-state index is 6.05. The highest BCUT2D eigenvalue weighted by Gasteiger charge is 2.07. The van der Waals surface area contributed by atoms with Crippen LogP contribution in [0.4, 0.5) is 0 Å². The van der Waals surface area contributed by atoms with Crippen molar-refractivity contribution in [2.45, 2.75) is 20.4 Å². The minimum atomic E-state index is 0.811. The van der Waals surface area contributed by atoms with Crippen LogP contribution in [-0.4, -0.2) is 6.54 Å². The van der Waals surface area contributed by atoms with E-state index in [2.05, 4.69) is 47.2 Å². The van der Waals surface area contributed by atoms with E-state index >= 15 is 0 Å². The fourth-order valence-electron chi connectivity index (χ4n) is 1.82. The van der Waals surface area contributed by atoms with Crippen molar-refractivity contribution in [1.82, 2.24) is 5.32 Å². The Kier molecular flexibility index (Phi) is 5.00. The minimum Gasteiger partial charge on any atom is -0.457 e. The monoisotopic (exact) mass is 319 g/mol. The Morgan fingerprint density at radius 2 is 1.89 bits per heavy atom. The van der Waals surface area contributed by atoms with Gasteiger partial charge in [0.2, 0.25) is 0 Å². The number of para-hydroxylation sites is 1. The van der Waals surface area contributed by atoms with Crippen molar-refractivity contribution < 1.29 is 4.74 Å². The molecule has 3 heteroatoms. The van der Waals surface area contributed by atoms with E-state index in [0.29, 0.717) is 0 Å². The lowest BCUT2D eigenvalue weighted by atomic mass is 10.2. The van der Waals surface area contributed by atoms with Gasteiger partial charge in [-0.25, -0.2) is 0 Å². The van der Waals surface area contributed by atoms with Crippen LogP contribution in [0.25, 0.3) is 0 Å². The quantitative estimate of drug-likeness (QED) is 0.865. The normalized spacial score (nSPS) is 10.5. The minimum absolute atomic E-state index is 0.811. The summed E-state index contributed by atoms with van der Waals surface area (Å²) in [5.41, 5.74) is 2.30. The molecule has 0 heterocycles. The third kappa shape index (κ3) is 3.82. The zero-order chi connectivity index (χ0) is 13.7. The van der Waals surface area contributed by atoms with Gasteiger partial charge in [-0.1, -0.05) is 47.1 Å². The molecule has 0 aliphatic heterocycles. The molecule has 2 aromatic carbocycles. The molecule has 0 fully saturated rings. The highest BCUT2D eigenvalue weighted by molar-refractivity contribution is 9.10. The smallest absolute Gasteiger partial charge is 0.133 e. The highest BCUT2D eigenvalue weighted by Crippen LogP contribution is 2.30. The van der Waals surface area contributed by atoms with Gasteiger partial charge in [0.1, 0.15) is 11.5 Å². The Hall–Kier alpha value is -1.32. The molecular weight excluding hydrogens is 302 g/mol. The van der Waals surface area contributed by atoms with Crippen LogP contribution < -0.4 is 10.1 Å². The predicted octanol–water partition coefficient (Wildman–Crippen LogP) is 4.66. The van der Waals surface area contributed by atoms with Crippen molar-refractivity contribution in [3.63, 3.8) is 0 Å². The molecule has 100 valence electrons. The number of benzene rings is 2. The SMILES string of the molecule is CCNCc1ccc(Br)cc1Oc1ccccc1C. The lowest BCUT2D eigenvalue weighted by Crippen LogP contribution is -2.12. The molecule has 2 aromatic rings. The summed E-state index contributed by atoms with van der Waals surface area (Å²) in [7, 11) is 0. The molecule has 0 aromatic heterocycles. The number of nitrogens with one attached hydrogen (secondary N) is 1. The topological polar surface area (TPSA) is 21.3 Å². The zero-order valence-corrected chi connectivity index (χ0v) is 12.8. The third-order valence-electron chi connectivity index (χ3n) is 2.91. The Morgan fingerprint density at radius 1 is 1.11 bits per heavy atom. The number of ether oxygens (including phenoxy) is 1. The molecule has 0 aliphatic rings. The first-order chi connectivity index (χ1) is 9.20. The van der Waals surface area contributed by atoms with E-state index in [9.17, 15) is 0 Å². The first-order valence-corrected chi connectivity index (χ1v) is 7.22. The van der Waals surface area contributed by atoms with Crippen molar-refractivity contribution in [1.29, 1.82) is 0 Å². The molecule has 0 saturated heterocycles. The van der Waals surface area contributed by atoms with E-state index in [4.69, 9.17) is 4.74 Å². The lowest BCUT2D eigenvalue weighted by molar-refractivity contribution is 0.469. The lowest BCUT2D eigenvalue weighted by Gasteiger charge is -2.13. The number of hydrogen-bond acceptors (Lipinski definition) is 2. The van der Waals surface area contributed by atoms with E-state index < -0.39 is 0 Å². The largest absolute Gasteiger partial charge is 0.457 e. The molecule has 0 unspecified atom stereocenters. The van der Waals surface area contributed by atoms with Crippen molar-refractivity contribution in [2.75, 3.05) is 6.54 Å². The van der Waals surface area contributed by atoms with E-state index in [1.807, 2.05) is 30.3 Å². The first kappa shape index (κ1) is 14.1. The van der Waals surface area contributed by atoms with Gasteiger partial charge in [-0.2, -0.15) is 0 Å². The average Bonchev–Trinajstić information content (AvgIpc) is 2.40. The van der Waals surface area contributed by atoms with Gasteiger partial charge in [-0.3, -0.25) is 0 Å². The first-order valence-electron chi connectivity index (χ1n) is 6.43. The maximum Gasteiger partial charge on any atom is 0.133 e. The number of halogens is 1. The van der Waals surface area contributed by atoms with Crippen LogP contribution in [0.3, 0.4) is 0 Å². The summed E-state index contributed by atoms with van der Waals surface area (Å²) in [6.07, 6.45) is 0. The molecule has 0 bridgehead atoms. The van der Waals surface area contributed by atoms with Crippen molar-refractivity contribution >= 4 is 15.9 Å². The van der Waals surface area contributed by atoms with Gasteiger partial charge < -0.3 is 10.1 Å². The van der Waals surface area contributed by atoms with Gasteiger partial charge in [0.05, 0.1) is 0 Å². The Morgan fingerprint density at radius 3 is 2.63 bits per heavy atom. The summed E-state index contributed by atoms with van der Waals surface area (Å²) in [4.78, 5) is 0. The van der Waals surface area contributed by atoms with Gasteiger partial charge in [0, 0.05) is 16.6 Å². The molecule has 0 atom stereocenters. The van der Waals surface area contributed by atoms with Crippen LogP contribution in [0, 0.1) is 6.92 Å². The second-order valence-corrected chi connectivity index (χ2v) is 5.32. The van der Waals surface area contributed by atoms with Gasteiger partial charge in [0.25, 0.3) is 0 Å². The Bertz CT molecular complexity index is 554. The van der Waals surface area contributed by atoms with Crippen LogP contribution in [-0.2, 0) is 6.54 Å². The number of hydrogen-bond donors (Lipinski definition) is 1. The summed E-state index contributed by atoms with van der Waals surface area (Å²) in [5, 5.41) is 3.33. The van der Waals surface area contributed by atoms with Gasteiger partial charge in [-0.05, 0) is 37.2 Å².